The number of thioether (sulfide) groups is 1. The number of carbonyl (C=O) groups is 1. The number of benzene rings is 1. The van der Waals surface area contributed by atoms with Crippen molar-refractivity contribution < 1.29 is 32.6 Å². The van der Waals surface area contributed by atoms with Gasteiger partial charge in [0.2, 0.25) is 0 Å². The van der Waals surface area contributed by atoms with E-state index in [1.807, 2.05) is 0 Å². The minimum atomic E-state index is -4.23. The van der Waals surface area contributed by atoms with Crippen LogP contribution in [0.3, 0.4) is 0 Å². The van der Waals surface area contributed by atoms with Gasteiger partial charge in [0, 0.05) is 6.20 Å². The maximum Gasteiger partial charge on any atom is 0.459 e. The maximum atomic E-state index is 14.9. The molecule has 4 N–H and O–H groups in total. The van der Waals surface area contributed by atoms with Crippen LogP contribution in [0.5, 0.6) is 5.75 Å². The van der Waals surface area contributed by atoms with Gasteiger partial charge >= 0.3 is 19.4 Å². The van der Waals surface area contributed by atoms with E-state index in [4.69, 9.17) is 19.5 Å². The third-order valence-corrected chi connectivity index (χ3v) is 8.37. The molecule has 0 aliphatic carbocycles. The monoisotopic (exact) mass is 544 g/mol. The highest BCUT2D eigenvalue weighted by Crippen LogP contribution is 2.49. The van der Waals surface area contributed by atoms with E-state index in [0.29, 0.717) is 0 Å². The lowest BCUT2D eigenvalue weighted by atomic mass is 10.1. The molecule has 198 valence electrons. The molecule has 1 aliphatic rings. The van der Waals surface area contributed by atoms with Crippen molar-refractivity contribution >= 4 is 31.3 Å². The number of carbonyl (C=O) groups excluding carboxylic acids is 1. The van der Waals surface area contributed by atoms with Crippen molar-refractivity contribution in [2.45, 2.75) is 49.7 Å². The van der Waals surface area contributed by atoms with Crippen molar-refractivity contribution in [2.75, 3.05) is 18.9 Å². The number of rotatable bonds is 11. The van der Waals surface area contributed by atoms with Crippen molar-refractivity contribution in [1.82, 2.24) is 14.6 Å². The van der Waals surface area contributed by atoms with E-state index in [1.165, 1.54) is 12.3 Å². The van der Waals surface area contributed by atoms with Gasteiger partial charge < -0.3 is 20.1 Å². The summed E-state index contributed by atoms with van der Waals surface area (Å²) in [6.45, 7) is 4.82. The average Bonchev–Trinajstić information content (AvgIpc) is 3.10. The Bertz CT molecular complexity index is 1140. The SMILES string of the molecule is CCOC(=O)[C@@H](NP(=O)(OC[C@H]1S[C@@H](n2ccc(N)nc2=O)[C@@H](F)[C@@H]1O)Oc1ccccc1)C(C)C. The fourth-order valence-corrected chi connectivity index (χ4v) is 6.64. The van der Waals surface area contributed by atoms with Crippen LogP contribution in [-0.2, 0) is 18.6 Å². The highest BCUT2D eigenvalue weighted by Gasteiger charge is 2.47. The molecule has 11 nitrogen and oxygen atoms in total. The summed E-state index contributed by atoms with van der Waals surface area (Å²) in [5, 5.41) is 11.1. The van der Waals surface area contributed by atoms with Crippen LogP contribution in [0, 0.1) is 5.92 Å². The molecule has 6 atom stereocenters. The van der Waals surface area contributed by atoms with Crippen LogP contribution >= 0.6 is 19.5 Å². The quantitative estimate of drug-likeness (QED) is 0.282. The van der Waals surface area contributed by atoms with Crippen molar-refractivity contribution in [3.05, 3.63) is 53.1 Å². The number of alkyl halides is 1. The molecule has 1 aromatic heterocycles. The number of ether oxygens (including phenoxy) is 1. The first-order valence-corrected chi connectivity index (χ1v) is 13.8. The van der Waals surface area contributed by atoms with Crippen LogP contribution in [0.1, 0.15) is 26.1 Å². The van der Waals surface area contributed by atoms with Crippen LogP contribution in [0.4, 0.5) is 10.2 Å². The van der Waals surface area contributed by atoms with Gasteiger partial charge in [-0.15, -0.1) is 11.8 Å². The zero-order valence-electron chi connectivity index (χ0n) is 20.0. The lowest BCUT2D eigenvalue weighted by molar-refractivity contribution is -0.146. The summed E-state index contributed by atoms with van der Waals surface area (Å²) in [5.41, 5.74) is 4.73. The third-order valence-electron chi connectivity index (χ3n) is 5.30. The number of aromatic nitrogens is 2. The second-order valence-electron chi connectivity index (χ2n) is 8.34. The van der Waals surface area contributed by atoms with Crippen LogP contribution in [0.25, 0.3) is 0 Å². The summed E-state index contributed by atoms with van der Waals surface area (Å²) in [5.74, 6) is -0.778. The Hall–Kier alpha value is -2.44. The number of anilines is 1. The van der Waals surface area contributed by atoms with Crippen LogP contribution in [0.2, 0.25) is 0 Å². The van der Waals surface area contributed by atoms with E-state index in [9.17, 15) is 23.7 Å². The van der Waals surface area contributed by atoms with E-state index >= 15 is 0 Å². The molecular formula is C22H30FN4O7PS. The Balaban J connectivity index is 1.80. The summed E-state index contributed by atoms with van der Waals surface area (Å²) in [6, 6.07) is 8.50. The normalized spacial score (nSPS) is 24.3. The number of aliphatic hydroxyl groups is 1. The number of nitrogens with zero attached hydrogens (tertiary/aromatic N) is 2. The zero-order chi connectivity index (χ0) is 26.5. The smallest absolute Gasteiger partial charge is 0.459 e. The first kappa shape index (κ1) is 28.1. The molecule has 1 saturated heterocycles. The first-order chi connectivity index (χ1) is 17.0. The van der Waals surface area contributed by atoms with Crippen molar-refractivity contribution in [3.8, 4) is 5.75 Å². The summed E-state index contributed by atoms with van der Waals surface area (Å²) in [6.07, 6.45) is -2.08. The molecule has 0 spiro atoms. The van der Waals surface area contributed by atoms with Crippen LogP contribution in [-0.4, -0.2) is 57.4 Å². The topological polar surface area (TPSA) is 155 Å². The highest BCUT2D eigenvalue weighted by molar-refractivity contribution is 8.00. The number of nitrogen functional groups attached to an aromatic ring is 1. The number of nitrogens with two attached hydrogens (primary N) is 1. The van der Waals surface area contributed by atoms with Gasteiger partial charge in [0.05, 0.1) is 18.5 Å². The van der Waals surface area contributed by atoms with E-state index in [1.54, 1.807) is 51.1 Å². The molecule has 1 unspecified atom stereocenters. The van der Waals surface area contributed by atoms with E-state index in [0.717, 1.165) is 16.3 Å². The fraction of sp³-hybridized carbons (Fsp3) is 0.500. The lowest BCUT2D eigenvalue weighted by Gasteiger charge is -2.27. The lowest BCUT2D eigenvalue weighted by Crippen LogP contribution is -2.42. The van der Waals surface area contributed by atoms with Crippen molar-refractivity contribution in [3.63, 3.8) is 0 Å². The molecule has 0 radical (unpaired) electrons. The summed E-state index contributed by atoms with van der Waals surface area (Å²) >= 11 is 0.923. The van der Waals surface area contributed by atoms with E-state index in [2.05, 4.69) is 10.1 Å². The van der Waals surface area contributed by atoms with Gasteiger partial charge in [0.25, 0.3) is 0 Å². The largest absolute Gasteiger partial charge is 0.465 e. The average molecular weight is 545 g/mol. The molecule has 36 heavy (non-hydrogen) atoms. The maximum absolute atomic E-state index is 14.9. The van der Waals surface area contributed by atoms with Gasteiger partial charge in [-0.05, 0) is 31.0 Å². The second-order valence-corrected chi connectivity index (χ2v) is 11.4. The Morgan fingerprint density at radius 1 is 1.33 bits per heavy atom. The fourth-order valence-electron chi connectivity index (χ4n) is 3.44. The van der Waals surface area contributed by atoms with Gasteiger partial charge in [-0.25, -0.2) is 13.8 Å². The number of esters is 1. The van der Waals surface area contributed by atoms with E-state index in [-0.39, 0.29) is 24.1 Å². The standard InChI is InChI=1S/C22H30FN4O7PS/c1-4-32-21(29)18(13(2)3)26-35(31,34-14-8-6-5-7-9-14)33-12-15-19(28)17(23)20(36-15)27-11-10-16(24)25-22(27)30/h5-11,13,15,17-20,28H,4,12H2,1-3H3,(H,26,31)(H2,24,25,30)/t15-,17+,18+,19-,20-,35?/m1/s1. The number of hydrogen-bond acceptors (Lipinski definition) is 10. The minimum absolute atomic E-state index is 0.0125. The second kappa shape index (κ2) is 12.2. The first-order valence-electron chi connectivity index (χ1n) is 11.3. The molecule has 14 heteroatoms. The van der Waals surface area contributed by atoms with Crippen molar-refractivity contribution in [2.24, 2.45) is 5.92 Å². The molecule has 2 aromatic rings. The molecular weight excluding hydrogens is 514 g/mol. The number of halogens is 1. The number of aliphatic hydroxyl groups excluding tert-OH is 1. The summed E-state index contributed by atoms with van der Waals surface area (Å²) in [4.78, 5) is 28.2. The molecule has 3 rings (SSSR count). The molecule has 0 saturated carbocycles. The van der Waals surface area contributed by atoms with Gasteiger partial charge in [-0.2, -0.15) is 10.1 Å². The van der Waals surface area contributed by atoms with Gasteiger partial charge in [0.1, 0.15) is 29.1 Å². The molecule has 1 aromatic carbocycles. The van der Waals surface area contributed by atoms with Crippen LogP contribution < -0.4 is 21.0 Å². The predicted molar refractivity (Wildman–Crippen MR) is 133 cm³/mol. The highest BCUT2D eigenvalue weighted by atomic mass is 32.2. The van der Waals surface area contributed by atoms with Gasteiger partial charge in [0.15, 0.2) is 6.17 Å². The zero-order valence-corrected chi connectivity index (χ0v) is 21.7. The summed E-state index contributed by atoms with van der Waals surface area (Å²) < 4.78 is 46.1. The Kier molecular flexibility index (Phi) is 9.53. The number of nitrogens with one attached hydrogen (secondary N) is 1. The number of para-hydroxylation sites is 1. The molecule has 2 heterocycles. The summed E-state index contributed by atoms with van der Waals surface area (Å²) in [7, 11) is -4.23. The molecule has 0 amide bonds. The van der Waals surface area contributed by atoms with Gasteiger partial charge in [-0.1, -0.05) is 32.0 Å². The van der Waals surface area contributed by atoms with Gasteiger partial charge in [-0.3, -0.25) is 13.9 Å². The molecule has 0 bridgehead atoms. The predicted octanol–water partition coefficient (Wildman–Crippen LogP) is 2.52. The number of hydrogen-bond donors (Lipinski definition) is 3. The molecule has 1 aliphatic heterocycles. The van der Waals surface area contributed by atoms with E-state index < -0.39 is 55.0 Å². The minimum Gasteiger partial charge on any atom is -0.465 e. The van der Waals surface area contributed by atoms with Crippen molar-refractivity contribution in [1.29, 1.82) is 0 Å². The van der Waals surface area contributed by atoms with Crippen LogP contribution in [0.15, 0.2) is 47.4 Å². The third kappa shape index (κ3) is 6.86. The Morgan fingerprint density at radius 2 is 2.03 bits per heavy atom. The Labute approximate surface area is 212 Å². The molecule has 1 fully saturated rings. The Morgan fingerprint density at radius 3 is 2.64 bits per heavy atom.